The molecule has 0 aliphatic rings. The van der Waals surface area contributed by atoms with Crippen LogP contribution in [-0.4, -0.2) is 19.2 Å². The van der Waals surface area contributed by atoms with Crippen LogP contribution in [-0.2, 0) is 0 Å². The van der Waals surface area contributed by atoms with Gasteiger partial charge in [0.1, 0.15) is 16.5 Å². The molecule has 4 heteroatoms. The lowest BCUT2D eigenvalue weighted by atomic mass is 10.0. The zero-order chi connectivity index (χ0) is 14.7. The molecule has 0 unspecified atom stereocenters. The highest BCUT2D eigenvalue weighted by atomic mass is 32.1. The summed E-state index contributed by atoms with van der Waals surface area (Å²) < 4.78 is 10.7. The quantitative estimate of drug-likeness (QED) is 0.711. The Balaban J connectivity index is 1.97. The van der Waals surface area contributed by atoms with E-state index >= 15 is 0 Å². The van der Waals surface area contributed by atoms with Crippen LogP contribution in [0.5, 0.6) is 11.5 Å². The molecule has 0 fully saturated rings. The largest absolute Gasteiger partial charge is 0.497 e. The van der Waals surface area contributed by atoms with Crippen LogP contribution in [0, 0.1) is 0 Å². The van der Waals surface area contributed by atoms with Gasteiger partial charge in [-0.1, -0.05) is 24.3 Å². The maximum atomic E-state index is 5.45. The minimum absolute atomic E-state index is 0.787. The minimum atomic E-state index is 0.787. The van der Waals surface area contributed by atoms with Crippen LogP contribution in [0.1, 0.15) is 0 Å². The Morgan fingerprint density at radius 1 is 0.905 bits per heavy atom. The molecule has 0 saturated heterocycles. The van der Waals surface area contributed by atoms with E-state index < -0.39 is 0 Å². The first-order valence-corrected chi connectivity index (χ1v) is 7.42. The molecule has 0 aliphatic carbocycles. The number of ether oxygens (including phenoxy) is 2. The summed E-state index contributed by atoms with van der Waals surface area (Å²) in [5.41, 5.74) is 3.28. The van der Waals surface area contributed by atoms with Crippen molar-refractivity contribution in [3.05, 3.63) is 54.0 Å². The molecule has 1 heterocycles. The maximum Gasteiger partial charge on any atom is 0.130 e. The molecule has 1 aromatic heterocycles. The van der Waals surface area contributed by atoms with Gasteiger partial charge in [0.05, 0.1) is 14.2 Å². The number of methoxy groups -OCH3 is 2. The molecule has 3 rings (SSSR count). The van der Waals surface area contributed by atoms with E-state index in [0.29, 0.717) is 0 Å². The number of aromatic nitrogens is 1. The molecule has 0 spiro atoms. The van der Waals surface area contributed by atoms with Crippen LogP contribution in [0.3, 0.4) is 0 Å². The van der Waals surface area contributed by atoms with Gasteiger partial charge < -0.3 is 9.47 Å². The third-order valence-electron chi connectivity index (χ3n) is 3.28. The van der Waals surface area contributed by atoms with Gasteiger partial charge in [0.15, 0.2) is 0 Å². The van der Waals surface area contributed by atoms with Gasteiger partial charge in [0, 0.05) is 28.8 Å². The van der Waals surface area contributed by atoms with Gasteiger partial charge >= 0.3 is 0 Å². The average Bonchev–Trinajstić information content (AvgIpc) is 3.09. The van der Waals surface area contributed by atoms with Gasteiger partial charge in [0.25, 0.3) is 0 Å². The molecule has 0 N–H and O–H groups in total. The van der Waals surface area contributed by atoms with E-state index in [1.807, 2.05) is 29.8 Å². The first-order chi connectivity index (χ1) is 10.3. The molecule has 106 valence electrons. The van der Waals surface area contributed by atoms with Gasteiger partial charge in [-0.15, -0.1) is 11.3 Å². The second-order valence-electron chi connectivity index (χ2n) is 4.48. The fourth-order valence-electron chi connectivity index (χ4n) is 2.20. The van der Waals surface area contributed by atoms with Crippen molar-refractivity contribution in [3.63, 3.8) is 0 Å². The lowest BCUT2D eigenvalue weighted by Gasteiger charge is -2.11. The lowest BCUT2D eigenvalue weighted by Crippen LogP contribution is -1.90. The van der Waals surface area contributed by atoms with Gasteiger partial charge in [-0.25, -0.2) is 4.98 Å². The number of hydrogen-bond donors (Lipinski definition) is 0. The van der Waals surface area contributed by atoms with Crippen molar-refractivity contribution >= 4 is 11.3 Å². The summed E-state index contributed by atoms with van der Waals surface area (Å²) in [6.45, 7) is 0. The number of hydrogen-bond acceptors (Lipinski definition) is 4. The maximum absolute atomic E-state index is 5.45. The smallest absolute Gasteiger partial charge is 0.130 e. The fourth-order valence-corrected chi connectivity index (χ4v) is 2.84. The van der Waals surface area contributed by atoms with Crippen molar-refractivity contribution in [2.45, 2.75) is 0 Å². The zero-order valence-corrected chi connectivity index (χ0v) is 12.7. The molecule has 21 heavy (non-hydrogen) atoms. The third kappa shape index (κ3) is 2.76. The van der Waals surface area contributed by atoms with Crippen LogP contribution in [0.25, 0.3) is 21.7 Å². The van der Waals surface area contributed by atoms with Crippen molar-refractivity contribution in [1.82, 2.24) is 4.98 Å². The molecule has 3 aromatic rings. The number of benzene rings is 2. The second kappa shape index (κ2) is 5.97. The van der Waals surface area contributed by atoms with Crippen molar-refractivity contribution in [2.75, 3.05) is 14.2 Å². The monoisotopic (exact) mass is 297 g/mol. The summed E-state index contributed by atoms with van der Waals surface area (Å²) in [4.78, 5) is 4.32. The molecule has 0 amide bonds. The van der Waals surface area contributed by atoms with E-state index in [1.165, 1.54) is 0 Å². The Kier molecular flexibility index (Phi) is 3.88. The van der Waals surface area contributed by atoms with E-state index in [4.69, 9.17) is 9.47 Å². The molecular weight excluding hydrogens is 282 g/mol. The van der Waals surface area contributed by atoms with Gasteiger partial charge in [0.2, 0.25) is 0 Å². The molecule has 0 saturated carbocycles. The lowest BCUT2D eigenvalue weighted by molar-refractivity contribution is 0.395. The van der Waals surface area contributed by atoms with E-state index in [9.17, 15) is 0 Å². The predicted octanol–water partition coefficient (Wildman–Crippen LogP) is 4.49. The first-order valence-electron chi connectivity index (χ1n) is 6.54. The molecular formula is C17H15NO2S. The number of rotatable bonds is 4. The minimum Gasteiger partial charge on any atom is -0.497 e. The highest BCUT2D eigenvalue weighted by Crippen LogP contribution is 2.34. The van der Waals surface area contributed by atoms with Gasteiger partial charge in [-0.3, -0.25) is 0 Å². The summed E-state index contributed by atoms with van der Waals surface area (Å²) in [5.74, 6) is 1.59. The third-order valence-corrected chi connectivity index (χ3v) is 4.11. The molecule has 3 nitrogen and oxygen atoms in total. The summed E-state index contributed by atoms with van der Waals surface area (Å²) in [6, 6.07) is 14.2. The Hall–Kier alpha value is -2.33. The summed E-state index contributed by atoms with van der Waals surface area (Å²) >= 11 is 1.64. The summed E-state index contributed by atoms with van der Waals surface area (Å²) in [5, 5.41) is 3.01. The average molecular weight is 297 g/mol. The predicted molar refractivity (Wildman–Crippen MR) is 86.1 cm³/mol. The molecule has 0 aliphatic heterocycles. The van der Waals surface area contributed by atoms with E-state index in [0.717, 1.165) is 33.2 Å². The molecule has 0 radical (unpaired) electrons. The van der Waals surface area contributed by atoms with Crippen LogP contribution >= 0.6 is 11.3 Å². The van der Waals surface area contributed by atoms with E-state index in [1.54, 1.807) is 25.6 Å². The normalized spacial score (nSPS) is 10.4. The number of nitrogens with zero attached hydrogens (tertiary/aromatic N) is 1. The van der Waals surface area contributed by atoms with Crippen molar-refractivity contribution in [3.8, 4) is 33.2 Å². The summed E-state index contributed by atoms with van der Waals surface area (Å²) in [7, 11) is 3.32. The first kappa shape index (κ1) is 13.6. The van der Waals surface area contributed by atoms with Crippen molar-refractivity contribution in [1.29, 1.82) is 0 Å². The van der Waals surface area contributed by atoms with Crippen LogP contribution in [0.15, 0.2) is 54.0 Å². The topological polar surface area (TPSA) is 31.4 Å². The molecule has 0 bridgehead atoms. The van der Waals surface area contributed by atoms with Gasteiger partial charge in [-0.2, -0.15) is 0 Å². The van der Waals surface area contributed by atoms with Crippen LogP contribution in [0.2, 0.25) is 0 Å². The number of thiazole rings is 1. The van der Waals surface area contributed by atoms with E-state index in [-0.39, 0.29) is 0 Å². The van der Waals surface area contributed by atoms with Crippen molar-refractivity contribution < 1.29 is 9.47 Å². The Bertz CT molecular complexity index is 721. The second-order valence-corrected chi connectivity index (χ2v) is 5.38. The molecule has 0 atom stereocenters. The highest BCUT2D eigenvalue weighted by molar-refractivity contribution is 7.13. The van der Waals surface area contributed by atoms with Gasteiger partial charge in [-0.05, 0) is 17.7 Å². The van der Waals surface area contributed by atoms with Crippen LogP contribution < -0.4 is 9.47 Å². The summed E-state index contributed by atoms with van der Waals surface area (Å²) in [6.07, 6.45) is 1.82. The SMILES string of the molecule is COc1ccc(-c2ccc(-c3nccs3)cc2)c(OC)c1. The van der Waals surface area contributed by atoms with Crippen LogP contribution in [0.4, 0.5) is 0 Å². The zero-order valence-electron chi connectivity index (χ0n) is 11.9. The Labute approximate surface area is 127 Å². The standard InChI is InChI=1S/C17H15NO2S/c1-19-14-7-8-15(16(11-14)20-2)12-3-5-13(6-4-12)17-18-9-10-21-17/h3-11H,1-2H3. The Morgan fingerprint density at radius 3 is 2.29 bits per heavy atom. The van der Waals surface area contributed by atoms with Crippen molar-refractivity contribution in [2.24, 2.45) is 0 Å². The fraction of sp³-hybridized carbons (Fsp3) is 0.118. The Morgan fingerprint density at radius 2 is 1.67 bits per heavy atom. The molecule has 2 aromatic carbocycles. The van der Waals surface area contributed by atoms with E-state index in [2.05, 4.69) is 29.2 Å². The highest BCUT2D eigenvalue weighted by Gasteiger charge is 2.08.